The van der Waals surface area contributed by atoms with Gasteiger partial charge in [-0.3, -0.25) is 24.3 Å². The van der Waals surface area contributed by atoms with E-state index in [0.717, 1.165) is 12.1 Å². The maximum Gasteiger partial charge on any atom is 0.311 e. The van der Waals surface area contributed by atoms with Crippen LogP contribution in [0, 0.1) is 10.1 Å². The van der Waals surface area contributed by atoms with Gasteiger partial charge in [0.2, 0.25) is 0 Å². The first-order valence-corrected chi connectivity index (χ1v) is 9.76. The number of hydrogen-bond acceptors (Lipinski definition) is 7. The highest BCUT2D eigenvalue weighted by atomic mass is 16.6. The largest absolute Gasteiger partial charge is 0.464 e. The van der Waals surface area contributed by atoms with Crippen molar-refractivity contribution in [2.45, 2.75) is 26.7 Å². The Morgan fingerprint density at radius 1 is 1.12 bits per heavy atom. The van der Waals surface area contributed by atoms with Gasteiger partial charge in [-0.2, -0.15) is 15.3 Å². The van der Waals surface area contributed by atoms with E-state index >= 15 is 0 Å². The van der Waals surface area contributed by atoms with Crippen LogP contribution in [-0.4, -0.2) is 40.2 Å². The van der Waals surface area contributed by atoms with E-state index in [1.807, 2.05) is 17.8 Å². The second-order valence-electron chi connectivity index (χ2n) is 6.82. The van der Waals surface area contributed by atoms with E-state index in [1.165, 1.54) is 22.9 Å². The van der Waals surface area contributed by atoms with E-state index in [-0.39, 0.29) is 23.9 Å². The summed E-state index contributed by atoms with van der Waals surface area (Å²) in [6, 6.07) is 7.58. The van der Waals surface area contributed by atoms with E-state index in [4.69, 9.17) is 4.74 Å². The molecule has 0 fully saturated rings. The Bertz CT molecular complexity index is 1240. The number of amides is 1. The molecule has 12 nitrogen and oxygen atoms in total. The molecule has 0 aliphatic carbocycles. The molecule has 1 N–H and O–H groups in total. The fourth-order valence-electron chi connectivity index (χ4n) is 2.98. The number of anilines is 1. The van der Waals surface area contributed by atoms with Crippen molar-refractivity contribution in [2.24, 2.45) is 0 Å². The monoisotopic (exact) mass is 436 g/mol. The summed E-state index contributed by atoms with van der Waals surface area (Å²) in [6.45, 7) is 3.26. The van der Waals surface area contributed by atoms with Crippen LogP contribution in [-0.2, 0) is 19.8 Å². The predicted octanol–water partition coefficient (Wildman–Crippen LogP) is 2.54. The minimum absolute atomic E-state index is 0.0818. The number of nitrogens with one attached hydrogen (secondary N) is 1. The Hall–Kier alpha value is -4.48. The van der Waals surface area contributed by atoms with Crippen molar-refractivity contribution >= 4 is 17.3 Å². The van der Waals surface area contributed by atoms with Gasteiger partial charge in [-0.05, 0) is 19.1 Å². The second kappa shape index (κ2) is 9.12. The number of carbonyl (C=O) groups excluding carboxylic acids is 1. The molecule has 0 radical (unpaired) electrons. The van der Waals surface area contributed by atoms with Crippen molar-refractivity contribution in [3.8, 4) is 5.75 Å². The first kappa shape index (κ1) is 20.8. The molecule has 12 heteroatoms. The van der Waals surface area contributed by atoms with Crippen molar-refractivity contribution in [3.63, 3.8) is 0 Å². The number of para-hydroxylation sites is 2. The number of nitro groups is 1. The maximum atomic E-state index is 12.5. The van der Waals surface area contributed by atoms with E-state index in [0.29, 0.717) is 12.2 Å². The van der Waals surface area contributed by atoms with E-state index in [2.05, 4.69) is 20.6 Å². The molecule has 0 spiro atoms. The zero-order valence-electron chi connectivity index (χ0n) is 17.2. The molecule has 0 saturated heterocycles. The molecule has 1 aromatic carbocycles. The van der Waals surface area contributed by atoms with Crippen LogP contribution < -0.4 is 10.1 Å². The Kier molecular flexibility index (Phi) is 5.92. The lowest BCUT2D eigenvalue weighted by molar-refractivity contribution is -0.386. The van der Waals surface area contributed by atoms with Gasteiger partial charge in [-0.1, -0.05) is 12.1 Å². The Labute approximate surface area is 182 Å². The molecule has 4 rings (SSSR count). The van der Waals surface area contributed by atoms with Gasteiger partial charge in [0.1, 0.15) is 0 Å². The minimum Gasteiger partial charge on any atom is -0.464 e. The smallest absolute Gasteiger partial charge is 0.311 e. The van der Waals surface area contributed by atoms with Crippen LogP contribution in [0.2, 0.25) is 0 Å². The number of ether oxygens (including phenoxy) is 1. The van der Waals surface area contributed by atoms with Gasteiger partial charge >= 0.3 is 5.69 Å². The third kappa shape index (κ3) is 4.80. The number of hydrogen-bond donors (Lipinski definition) is 1. The molecule has 0 aliphatic heterocycles. The lowest BCUT2D eigenvalue weighted by Crippen LogP contribution is -2.14. The van der Waals surface area contributed by atoms with E-state index in [9.17, 15) is 14.9 Å². The summed E-state index contributed by atoms with van der Waals surface area (Å²) in [4.78, 5) is 23.0. The molecular formula is C20H20N8O4. The third-order valence-electron chi connectivity index (χ3n) is 4.53. The topological polar surface area (TPSA) is 135 Å². The SMILES string of the molecule is CCn1cc(Cn2cc(NC(=O)c3ccn(COc4ccccc4[N+](=O)[O-])n3)cn2)cn1. The lowest BCUT2D eigenvalue weighted by atomic mass is 10.3. The number of rotatable bonds is 9. The molecule has 0 saturated carbocycles. The lowest BCUT2D eigenvalue weighted by Gasteiger charge is -2.06. The average Bonchev–Trinajstić information content (AvgIpc) is 3.54. The summed E-state index contributed by atoms with van der Waals surface area (Å²) in [5.74, 6) is -0.288. The van der Waals surface area contributed by atoms with Gasteiger partial charge in [-0.15, -0.1) is 0 Å². The number of benzene rings is 1. The minimum atomic E-state index is -0.521. The first-order chi connectivity index (χ1) is 15.5. The standard InChI is InChI=1S/C20H20N8O4/c1-2-25-11-15(9-21-25)12-27-13-16(10-22-27)23-20(29)17-7-8-26(24-17)14-32-19-6-4-3-5-18(19)28(30)31/h3-11,13H,2,12,14H2,1H3,(H,23,29). The molecule has 0 atom stereocenters. The molecule has 3 aromatic heterocycles. The zero-order chi connectivity index (χ0) is 22.5. The molecular weight excluding hydrogens is 416 g/mol. The van der Waals surface area contributed by atoms with Crippen molar-refractivity contribution in [1.29, 1.82) is 0 Å². The summed E-state index contributed by atoms with van der Waals surface area (Å²) < 4.78 is 10.4. The number of nitro benzene ring substituents is 1. The van der Waals surface area contributed by atoms with E-state index < -0.39 is 10.8 Å². The molecule has 1 amide bonds. The summed E-state index contributed by atoms with van der Waals surface area (Å²) in [5.41, 5.74) is 1.57. The molecule has 0 bridgehead atoms. The molecule has 3 heterocycles. The Morgan fingerprint density at radius 3 is 2.72 bits per heavy atom. The van der Waals surface area contributed by atoms with Gasteiger partial charge in [-0.25, -0.2) is 4.68 Å². The Balaban J connectivity index is 1.34. The summed E-state index contributed by atoms with van der Waals surface area (Å²) in [7, 11) is 0. The first-order valence-electron chi connectivity index (χ1n) is 9.76. The van der Waals surface area contributed by atoms with Crippen LogP contribution in [0.5, 0.6) is 5.75 Å². The predicted molar refractivity (Wildman–Crippen MR) is 113 cm³/mol. The zero-order valence-corrected chi connectivity index (χ0v) is 17.2. The second-order valence-corrected chi connectivity index (χ2v) is 6.82. The molecule has 4 aromatic rings. The van der Waals surface area contributed by atoms with Crippen molar-refractivity contribution in [2.75, 3.05) is 5.32 Å². The highest BCUT2D eigenvalue weighted by molar-refractivity contribution is 6.02. The summed E-state index contributed by atoms with van der Waals surface area (Å²) in [6.07, 6.45) is 8.55. The normalized spacial score (nSPS) is 10.8. The molecule has 0 unspecified atom stereocenters. The van der Waals surface area contributed by atoms with Crippen molar-refractivity contribution < 1.29 is 14.5 Å². The summed E-state index contributed by atoms with van der Waals surface area (Å²) >= 11 is 0. The molecule has 32 heavy (non-hydrogen) atoms. The number of nitrogens with zero attached hydrogens (tertiary/aromatic N) is 7. The van der Waals surface area contributed by atoms with E-state index in [1.54, 1.807) is 41.6 Å². The van der Waals surface area contributed by atoms with Crippen molar-refractivity contribution in [1.82, 2.24) is 29.3 Å². The van der Waals surface area contributed by atoms with Crippen LogP contribution >= 0.6 is 0 Å². The van der Waals surface area contributed by atoms with Gasteiger partial charge in [0, 0.05) is 36.8 Å². The van der Waals surface area contributed by atoms with Crippen LogP contribution in [0.3, 0.4) is 0 Å². The highest BCUT2D eigenvalue weighted by Gasteiger charge is 2.15. The number of carbonyl (C=O) groups is 1. The van der Waals surface area contributed by atoms with Gasteiger partial charge < -0.3 is 10.1 Å². The Morgan fingerprint density at radius 2 is 1.94 bits per heavy atom. The number of aryl methyl sites for hydroxylation is 1. The fraction of sp³-hybridized carbons (Fsp3) is 0.200. The maximum absolute atomic E-state index is 12.5. The van der Waals surface area contributed by atoms with Gasteiger partial charge in [0.05, 0.1) is 29.5 Å². The fourth-order valence-corrected chi connectivity index (χ4v) is 2.98. The van der Waals surface area contributed by atoms with Crippen molar-refractivity contribution in [3.05, 3.63) is 82.7 Å². The van der Waals surface area contributed by atoms with Crippen LogP contribution in [0.1, 0.15) is 23.0 Å². The molecule has 0 aliphatic rings. The number of aromatic nitrogens is 6. The van der Waals surface area contributed by atoms with Crippen LogP contribution in [0.15, 0.2) is 61.3 Å². The van der Waals surface area contributed by atoms with Crippen LogP contribution in [0.4, 0.5) is 11.4 Å². The average molecular weight is 436 g/mol. The third-order valence-corrected chi connectivity index (χ3v) is 4.53. The van der Waals surface area contributed by atoms with Crippen LogP contribution in [0.25, 0.3) is 0 Å². The van der Waals surface area contributed by atoms with Gasteiger partial charge in [0.15, 0.2) is 18.2 Å². The highest BCUT2D eigenvalue weighted by Crippen LogP contribution is 2.26. The molecule has 164 valence electrons. The quantitative estimate of drug-likeness (QED) is 0.315. The summed E-state index contributed by atoms with van der Waals surface area (Å²) in [5, 5.41) is 26.4. The van der Waals surface area contributed by atoms with Gasteiger partial charge in [0.25, 0.3) is 5.91 Å².